The third-order valence-corrected chi connectivity index (χ3v) is 7.20. The Morgan fingerprint density at radius 1 is 1.21 bits per heavy atom. The molecule has 34 heavy (non-hydrogen) atoms. The minimum atomic E-state index is -0.977. The quantitative estimate of drug-likeness (QED) is 0.510. The van der Waals surface area contributed by atoms with Gasteiger partial charge in [-0.3, -0.25) is 9.59 Å². The van der Waals surface area contributed by atoms with Crippen LogP contribution in [0, 0.1) is 5.92 Å². The Morgan fingerprint density at radius 3 is 2.71 bits per heavy atom. The van der Waals surface area contributed by atoms with Crippen molar-refractivity contribution in [3.8, 4) is 5.75 Å². The van der Waals surface area contributed by atoms with Gasteiger partial charge >= 0.3 is 0 Å². The molecule has 4 rings (SSSR count). The molecule has 0 aromatic heterocycles. The SMILES string of the molecule is CCC=CC(=O)N(CC1CCCCC1)C1C=C(C(=O)NCCO)C2c3ccccc3OC2C1O. The smallest absolute Gasteiger partial charge is 0.247 e. The van der Waals surface area contributed by atoms with E-state index < -0.39 is 24.2 Å². The summed E-state index contributed by atoms with van der Waals surface area (Å²) in [6.07, 6.45) is 9.90. The van der Waals surface area contributed by atoms with E-state index in [0.29, 0.717) is 23.8 Å². The zero-order valence-corrected chi connectivity index (χ0v) is 19.9. The predicted octanol–water partition coefficient (Wildman–Crippen LogP) is 2.68. The summed E-state index contributed by atoms with van der Waals surface area (Å²) in [4.78, 5) is 28.2. The normalized spacial score (nSPS) is 26.4. The number of aliphatic hydroxyl groups is 2. The average Bonchev–Trinajstić information content (AvgIpc) is 3.26. The molecule has 1 aromatic carbocycles. The minimum absolute atomic E-state index is 0.132. The Bertz CT molecular complexity index is 937. The third kappa shape index (κ3) is 5.05. The first kappa shape index (κ1) is 24.5. The first-order valence-corrected chi connectivity index (χ1v) is 12.6. The summed E-state index contributed by atoms with van der Waals surface area (Å²) in [6.45, 7) is 2.48. The molecule has 1 heterocycles. The summed E-state index contributed by atoms with van der Waals surface area (Å²) in [6, 6.07) is 6.83. The summed E-state index contributed by atoms with van der Waals surface area (Å²) in [5, 5.41) is 23.5. The molecule has 7 nitrogen and oxygen atoms in total. The van der Waals surface area contributed by atoms with Gasteiger partial charge in [-0.2, -0.15) is 0 Å². The summed E-state index contributed by atoms with van der Waals surface area (Å²) in [5.41, 5.74) is 1.33. The zero-order chi connectivity index (χ0) is 24.1. The number of hydrogen-bond acceptors (Lipinski definition) is 5. The van der Waals surface area contributed by atoms with Gasteiger partial charge in [0.2, 0.25) is 11.8 Å². The Labute approximate surface area is 201 Å². The number of para-hydroxylation sites is 1. The maximum atomic E-state index is 13.3. The van der Waals surface area contributed by atoms with Gasteiger partial charge < -0.3 is 25.2 Å². The fraction of sp³-hybridized carbons (Fsp3) is 0.556. The first-order chi connectivity index (χ1) is 16.5. The van der Waals surface area contributed by atoms with Crippen LogP contribution < -0.4 is 10.1 Å². The van der Waals surface area contributed by atoms with E-state index in [0.717, 1.165) is 37.7 Å². The van der Waals surface area contributed by atoms with Crippen LogP contribution in [-0.2, 0) is 9.59 Å². The zero-order valence-electron chi connectivity index (χ0n) is 19.9. The highest BCUT2D eigenvalue weighted by Crippen LogP contribution is 2.47. The van der Waals surface area contributed by atoms with Crippen LogP contribution in [0.5, 0.6) is 5.75 Å². The van der Waals surface area contributed by atoms with Gasteiger partial charge in [-0.1, -0.05) is 50.5 Å². The van der Waals surface area contributed by atoms with E-state index in [2.05, 4.69) is 5.32 Å². The molecule has 0 spiro atoms. The topological polar surface area (TPSA) is 99.1 Å². The molecule has 0 radical (unpaired) electrons. The molecule has 3 N–H and O–H groups in total. The van der Waals surface area contributed by atoms with Crippen LogP contribution in [-0.4, -0.2) is 64.9 Å². The van der Waals surface area contributed by atoms with Crippen LogP contribution in [0.4, 0.5) is 0 Å². The molecule has 4 atom stereocenters. The number of allylic oxidation sites excluding steroid dienone is 1. The largest absolute Gasteiger partial charge is 0.486 e. The number of nitrogens with one attached hydrogen (secondary N) is 1. The maximum Gasteiger partial charge on any atom is 0.247 e. The lowest BCUT2D eigenvalue weighted by Crippen LogP contribution is -2.56. The van der Waals surface area contributed by atoms with E-state index in [1.165, 1.54) is 6.42 Å². The van der Waals surface area contributed by atoms with E-state index in [-0.39, 0.29) is 25.0 Å². The molecule has 0 saturated heterocycles. The summed E-state index contributed by atoms with van der Waals surface area (Å²) in [7, 11) is 0. The van der Waals surface area contributed by atoms with Crippen LogP contribution >= 0.6 is 0 Å². The highest BCUT2D eigenvalue weighted by molar-refractivity contribution is 5.96. The van der Waals surface area contributed by atoms with Gasteiger partial charge in [0, 0.05) is 24.2 Å². The van der Waals surface area contributed by atoms with Gasteiger partial charge in [0.15, 0.2) is 0 Å². The molecule has 1 aromatic rings. The summed E-state index contributed by atoms with van der Waals surface area (Å²) in [5.74, 6) is 0.125. The lowest BCUT2D eigenvalue weighted by Gasteiger charge is -2.42. The number of ether oxygens (including phenoxy) is 1. The number of rotatable bonds is 8. The van der Waals surface area contributed by atoms with Crippen LogP contribution in [0.25, 0.3) is 0 Å². The molecule has 1 fully saturated rings. The number of benzene rings is 1. The van der Waals surface area contributed by atoms with Gasteiger partial charge in [-0.15, -0.1) is 0 Å². The van der Waals surface area contributed by atoms with Crippen molar-refractivity contribution in [3.63, 3.8) is 0 Å². The first-order valence-electron chi connectivity index (χ1n) is 12.6. The third-order valence-electron chi connectivity index (χ3n) is 7.20. The van der Waals surface area contributed by atoms with Crippen LogP contribution in [0.15, 0.2) is 48.1 Å². The van der Waals surface area contributed by atoms with E-state index in [1.54, 1.807) is 17.1 Å². The number of fused-ring (bicyclic) bond motifs is 3. The summed E-state index contributed by atoms with van der Waals surface area (Å²) < 4.78 is 6.16. The van der Waals surface area contributed by atoms with Gasteiger partial charge in [-0.05, 0) is 43.4 Å². The predicted molar refractivity (Wildman–Crippen MR) is 129 cm³/mol. The van der Waals surface area contributed by atoms with Crippen molar-refractivity contribution < 1.29 is 24.5 Å². The number of nitrogens with zero attached hydrogens (tertiary/aromatic N) is 1. The number of aliphatic hydroxyl groups excluding tert-OH is 2. The second kappa shape index (κ2) is 11.2. The van der Waals surface area contributed by atoms with Gasteiger partial charge in [0.25, 0.3) is 0 Å². The molecular formula is C27H36N2O5. The van der Waals surface area contributed by atoms with E-state index >= 15 is 0 Å². The van der Waals surface area contributed by atoms with Crippen molar-refractivity contribution in [1.82, 2.24) is 10.2 Å². The van der Waals surface area contributed by atoms with Gasteiger partial charge in [-0.25, -0.2) is 0 Å². The van der Waals surface area contributed by atoms with Crippen molar-refractivity contribution >= 4 is 11.8 Å². The van der Waals surface area contributed by atoms with Crippen molar-refractivity contribution in [2.75, 3.05) is 19.7 Å². The average molecular weight is 469 g/mol. The molecule has 2 aliphatic carbocycles. The van der Waals surface area contributed by atoms with E-state index in [1.807, 2.05) is 37.3 Å². The molecule has 1 saturated carbocycles. The highest BCUT2D eigenvalue weighted by Gasteiger charge is 2.50. The Hall–Kier alpha value is -2.64. The standard InChI is InChI=1S/C27H36N2O5/c1-2-3-13-23(31)29(17-18-9-5-4-6-10-18)21-16-20(27(33)28-14-15-30)24-19-11-7-8-12-22(19)34-26(24)25(21)32/h3,7-8,11-13,16,18,21,24-26,30,32H,2,4-6,9-10,14-15,17H2,1H3,(H,28,33). The Morgan fingerprint density at radius 2 is 1.97 bits per heavy atom. The van der Waals surface area contributed by atoms with Crippen molar-refractivity contribution in [2.45, 2.75) is 69.6 Å². The van der Waals surface area contributed by atoms with E-state index in [9.17, 15) is 19.8 Å². The van der Waals surface area contributed by atoms with Crippen LogP contribution in [0.3, 0.4) is 0 Å². The number of amides is 2. The molecule has 7 heteroatoms. The van der Waals surface area contributed by atoms with Gasteiger partial charge in [0.05, 0.1) is 18.6 Å². The fourth-order valence-corrected chi connectivity index (χ4v) is 5.51. The van der Waals surface area contributed by atoms with Crippen molar-refractivity contribution in [3.05, 3.63) is 53.6 Å². The highest BCUT2D eigenvalue weighted by atomic mass is 16.5. The van der Waals surface area contributed by atoms with Crippen molar-refractivity contribution in [1.29, 1.82) is 0 Å². The lowest BCUT2D eigenvalue weighted by atomic mass is 9.77. The molecule has 4 unspecified atom stereocenters. The monoisotopic (exact) mass is 468 g/mol. The number of hydrogen-bond donors (Lipinski definition) is 3. The van der Waals surface area contributed by atoms with Crippen molar-refractivity contribution in [2.24, 2.45) is 5.92 Å². The van der Waals surface area contributed by atoms with E-state index in [4.69, 9.17) is 4.74 Å². The molecular weight excluding hydrogens is 432 g/mol. The Kier molecular flexibility index (Phi) is 8.06. The maximum absolute atomic E-state index is 13.3. The molecule has 2 amide bonds. The van der Waals surface area contributed by atoms with Gasteiger partial charge in [0.1, 0.15) is 18.0 Å². The summed E-state index contributed by atoms with van der Waals surface area (Å²) >= 11 is 0. The minimum Gasteiger partial charge on any atom is -0.486 e. The molecule has 3 aliphatic rings. The lowest BCUT2D eigenvalue weighted by molar-refractivity contribution is -0.133. The second-order valence-corrected chi connectivity index (χ2v) is 9.49. The fourth-order valence-electron chi connectivity index (χ4n) is 5.51. The number of carbonyl (C=O) groups is 2. The molecule has 1 aliphatic heterocycles. The second-order valence-electron chi connectivity index (χ2n) is 9.49. The number of carbonyl (C=O) groups excluding carboxylic acids is 2. The Balaban J connectivity index is 1.71. The molecule has 184 valence electrons. The van der Waals surface area contributed by atoms with Crippen LogP contribution in [0.2, 0.25) is 0 Å². The molecule has 0 bridgehead atoms. The van der Waals surface area contributed by atoms with Crippen LogP contribution in [0.1, 0.15) is 56.9 Å².